The summed E-state index contributed by atoms with van der Waals surface area (Å²) in [7, 11) is 1.62. The lowest BCUT2D eigenvalue weighted by molar-refractivity contribution is 0.0935. The zero-order chi connectivity index (χ0) is 20.2. The van der Waals surface area contributed by atoms with Crippen LogP contribution in [0.25, 0.3) is 22.6 Å². The predicted molar refractivity (Wildman–Crippen MR) is 111 cm³/mol. The topological polar surface area (TPSA) is 77.2 Å². The van der Waals surface area contributed by atoms with Crippen LogP contribution >= 0.6 is 0 Å². The minimum absolute atomic E-state index is 0.0803. The fourth-order valence-corrected chi connectivity index (χ4v) is 3.20. The van der Waals surface area contributed by atoms with Crippen LogP contribution in [0.2, 0.25) is 0 Å². The number of carbonyl (C=O) groups excluding carboxylic acids is 1. The summed E-state index contributed by atoms with van der Waals surface area (Å²) in [6.45, 7) is 2.03. The van der Waals surface area contributed by atoms with E-state index >= 15 is 0 Å². The van der Waals surface area contributed by atoms with Crippen molar-refractivity contribution in [1.82, 2.24) is 15.3 Å². The Labute approximate surface area is 168 Å². The minimum atomic E-state index is -0.158. The number of oxazole rings is 1. The molecule has 0 aliphatic heterocycles. The maximum atomic E-state index is 12.8. The molecule has 1 amide bonds. The molecule has 0 radical (unpaired) electrons. The first-order chi connectivity index (χ1) is 14.2. The number of ether oxygens (including phenoxy) is 1. The highest BCUT2D eigenvalue weighted by Gasteiger charge is 2.16. The van der Waals surface area contributed by atoms with Crippen molar-refractivity contribution in [2.45, 2.75) is 19.4 Å². The first kappa shape index (κ1) is 18.7. The van der Waals surface area contributed by atoms with E-state index in [1.54, 1.807) is 37.7 Å². The van der Waals surface area contributed by atoms with Crippen LogP contribution in [0.15, 0.2) is 71.4 Å². The first-order valence-corrected chi connectivity index (χ1v) is 9.43. The maximum Gasteiger partial charge on any atom is 0.251 e. The summed E-state index contributed by atoms with van der Waals surface area (Å²) in [4.78, 5) is 21.3. The van der Waals surface area contributed by atoms with Gasteiger partial charge in [-0.2, -0.15) is 0 Å². The van der Waals surface area contributed by atoms with Crippen LogP contribution in [0.1, 0.15) is 35.3 Å². The van der Waals surface area contributed by atoms with Gasteiger partial charge in [0.25, 0.3) is 5.91 Å². The van der Waals surface area contributed by atoms with Crippen LogP contribution in [0.3, 0.4) is 0 Å². The van der Waals surface area contributed by atoms with Gasteiger partial charge in [-0.15, -0.1) is 0 Å². The highest BCUT2D eigenvalue weighted by molar-refractivity contribution is 5.97. The van der Waals surface area contributed by atoms with Crippen molar-refractivity contribution in [3.05, 3.63) is 78.1 Å². The zero-order valence-corrected chi connectivity index (χ0v) is 16.3. The van der Waals surface area contributed by atoms with Crippen molar-refractivity contribution < 1.29 is 13.9 Å². The number of rotatable bonds is 6. The van der Waals surface area contributed by atoms with Crippen LogP contribution in [0.5, 0.6) is 5.75 Å². The lowest BCUT2D eigenvalue weighted by Crippen LogP contribution is -2.28. The van der Waals surface area contributed by atoms with Gasteiger partial charge in [-0.05, 0) is 60.5 Å². The molecule has 0 unspecified atom stereocenters. The summed E-state index contributed by atoms with van der Waals surface area (Å²) in [6.07, 6.45) is 4.23. The van der Waals surface area contributed by atoms with Gasteiger partial charge in [-0.25, -0.2) is 4.98 Å². The van der Waals surface area contributed by atoms with Gasteiger partial charge in [-0.1, -0.05) is 13.0 Å². The lowest BCUT2D eigenvalue weighted by atomic mass is 10.1. The molecule has 0 aliphatic rings. The van der Waals surface area contributed by atoms with Gasteiger partial charge in [-0.3, -0.25) is 9.78 Å². The number of methoxy groups -OCH3 is 1. The number of hydrogen-bond acceptors (Lipinski definition) is 5. The number of carbonyl (C=O) groups is 1. The van der Waals surface area contributed by atoms with Gasteiger partial charge in [0.1, 0.15) is 11.3 Å². The van der Waals surface area contributed by atoms with Crippen molar-refractivity contribution in [1.29, 1.82) is 0 Å². The summed E-state index contributed by atoms with van der Waals surface area (Å²) in [5, 5.41) is 3.07. The monoisotopic (exact) mass is 387 g/mol. The fourth-order valence-electron chi connectivity index (χ4n) is 3.20. The molecule has 29 heavy (non-hydrogen) atoms. The summed E-state index contributed by atoms with van der Waals surface area (Å²) >= 11 is 0. The summed E-state index contributed by atoms with van der Waals surface area (Å²) in [5.74, 6) is 1.06. The molecule has 2 heterocycles. The van der Waals surface area contributed by atoms with Crippen LogP contribution < -0.4 is 10.1 Å². The summed E-state index contributed by atoms with van der Waals surface area (Å²) in [6, 6.07) is 16.5. The maximum absolute atomic E-state index is 12.8. The molecule has 0 fully saturated rings. The van der Waals surface area contributed by atoms with E-state index in [4.69, 9.17) is 9.15 Å². The Balaban J connectivity index is 1.59. The third-order valence-electron chi connectivity index (χ3n) is 4.79. The molecule has 146 valence electrons. The second-order valence-electron chi connectivity index (χ2n) is 6.65. The van der Waals surface area contributed by atoms with E-state index in [0.29, 0.717) is 22.6 Å². The fraction of sp³-hybridized carbons (Fsp3) is 0.174. The van der Waals surface area contributed by atoms with Crippen molar-refractivity contribution in [3.8, 4) is 17.2 Å². The van der Waals surface area contributed by atoms with Gasteiger partial charge >= 0.3 is 0 Å². The van der Waals surface area contributed by atoms with E-state index in [9.17, 15) is 4.79 Å². The van der Waals surface area contributed by atoms with Gasteiger partial charge in [0, 0.05) is 23.5 Å². The molecule has 2 aromatic heterocycles. The minimum Gasteiger partial charge on any atom is -0.497 e. The third-order valence-corrected chi connectivity index (χ3v) is 4.79. The average molecular weight is 387 g/mol. The van der Waals surface area contributed by atoms with E-state index in [-0.39, 0.29) is 11.9 Å². The summed E-state index contributed by atoms with van der Waals surface area (Å²) < 4.78 is 11.2. The second-order valence-corrected chi connectivity index (χ2v) is 6.65. The summed E-state index contributed by atoms with van der Waals surface area (Å²) in [5.41, 5.74) is 3.62. The van der Waals surface area contributed by atoms with Crippen LogP contribution in [0.4, 0.5) is 0 Å². The molecule has 4 rings (SSSR count). The molecule has 1 atom stereocenters. The van der Waals surface area contributed by atoms with Crippen LogP contribution in [-0.2, 0) is 0 Å². The number of fused-ring (bicyclic) bond motifs is 1. The predicted octanol–water partition coefficient (Wildman–Crippen LogP) is 4.78. The molecule has 0 spiro atoms. The van der Waals surface area contributed by atoms with Gasteiger partial charge in [0.05, 0.1) is 13.2 Å². The molecule has 6 nitrogen and oxygen atoms in total. The number of aromatic nitrogens is 2. The molecule has 0 saturated heterocycles. The molecule has 0 saturated carbocycles. The first-order valence-electron chi connectivity index (χ1n) is 9.43. The number of benzene rings is 2. The molecule has 2 aromatic carbocycles. The Hall–Kier alpha value is -3.67. The highest BCUT2D eigenvalue weighted by atomic mass is 16.5. The normalized spacial score (nSPS) is 11.9. The van der Waals surface area contributed by atoms with Crippen molar-refractivity contribution in [2.75, 3.05) is 7.11 Å². The molecule has 6 heteroatoms. The Bertz CT molecular complexity index is 1140. The molecule has 0 bridgehead atoms. The van der Waals surface area contributed by atoms with Crippen molar-refractivity contribution in [2.24, 2.45) is 0 Å². The van der Waals surface area contributed by atoms with Gasteiger partial charge < -0.3 is 14.5 Å². The van der Waals surface area contributed by atoms with Crippen LogP contribution in [-0.4, -0.2) is 23.0 Å². The number of nitrogens with zero attached hydrogens (tertiary/aromatic N) is 2. The second kappa shape index (κ2) is 8.14. The van der Waals surface area contributed by atoms with E-state index < -0.39 is 0 Å². The van der Waals surface area contributed by atoms with E-state index in [1.165, 1.54) is 0 Å². The van der Waals surface area contributed by atoms with Gasteiger partial charge in [0.2, 0.25) is 5.89 Å². The molecular weight excluding hydrogens is 366 g/mol. The number of nitrogens with one attached hydrogen (secondary N) is 1. The molecule has 4 aromatic rings. The lowest BCUT2D eigenvalue weighted by Gasteiger charge is -2.17. The number of amides is 1. The Morgan fingerprint density at radius 3 is 2.72 bits per heavy atom. The SMILES string of the molecule is CC[C@H](NC(=O)c1ccc2nc(-c3cccc(OC)c3)oc2c1)c1ccncc1. The van der Waals surface area contributed by atoms with Crippen molar-refractivity contribution >= 4 is 17.0 Å². The van der Waals surface area contributed by atoms with Crippen LogP contribution in [0, 0.1) is 0 Å². The Morgan fingerprint density at radius 2 is 1.97 bits per heavy atom. The van der Waals surface area contributed by atoms with E-state index in [2.05, 4.69) is 15.3 Å². The molecule has 1 N–H and O–H groups in total. The quantitative estimate of drug-likeness (QED) is 0.515. The standard InChI is InChI=1S/C23H21N3O3/c1-3-19(15-9-11-24-12-10-15)25-22(27)16-7-8-20-21(14-16)29-23(26-20)17-5-4-6-18(13-17)28-2/h4-14,19H,3H2,1-2H3,(H,25,27)/t19-/m0/s1. The highest BCUT2D eigenvalue weighted by Crippen LogP contribution is 2.27. The number of hydrogen-bond donors (Lipinski definition) is 1. The van der Waals surface area contributed by atoms with Crippen molar-refractivity contribution in [3.63, 3.8) is 0 Å². The molecular formula is C23H21N3O3. The van der Waals surface area contributed by atoms with E-state index in [0.717, 1.165) is 23.3 Å². The third kappa shape index (κ3) is 3.96. The Morgan fingerprint density at radius 1 is 1.14 bits per heavy atom. The Kier molecular flexibility index (Phi) is 5.24. The van der Waals surface area contributed by atoms with E-state index in [1.807, 2.05) is 43.3 Å². The number of pyridine rings is 1. The zero-order valence-electron chi connectivity index (χ0n) is 16.3. The average Bonchev–Trinajstić information content (AvgIpc) is 3.21. The van der Waals surface area contributed by atoms with Gasteiger partial charge in [0.15, 0.2) is 5.58 Å². The smallest absolute Gasteiger partial charge is 0.251 e. The largest absolute Gasteiger partial charge is 0.497 e. The molecule has 0 aliphatic carbocycles.